The van der Waals surface area contributed by atoms with Crippen molar-refractivity contribution in [2.24, 2.45) is 11.7 Å². The molecule has 0 aliphatic rings. The summed E-state index contributed by atoms with van der Waals surface area (Å²) in [6.07, 6.45) is 0.939. The van der Waals surface area contributed by atoms with Gasteiger partial charge in [-0.25, -0.2) is 0 Å². The highest BCUT2D eigenvalue weighted by atomic mass is 16.1. The van der Waals surface area contributed by atoms with Gasteiger partial charge in [-0.15, -0.1) is 0 Å². The smallest absolute Gasteiger partial charge is 0.234 e. The van der Waals surface area contributed by atoms with Gasteiger partial charge in [0, 0.05) is 6.54 Å². The number of hydrogen-bond acceptors (Lipinski definition) is 2. The number of primary amides is 1. The minimum Gasteiger partial charge on any atom is -0.368 e. The molecule has 1 amide bonds. The first kappa shape index (κ1) is 13.7. The summed E-state index contributed by atoms with van der Waals surface area (Å²) < 4.78 is 0. The Labute approximate surface area is 103 Å². The van der Waals surface area contributed by atoms with Gasteiger partial charge in [0.25, 0.3) is 0 Å². The van der Waals surface area contributed by atoms with Gasteiger partial charge in [-0.2, -0.15) is 0 Å². The van der Waals surface area contributed by atoms with Crippen molar-refractivity contribution >= 4 is 5.91 Å². The van der Waals surface area contributed by atoms with Crippen LogP contribution < -0.4 is 11.1 Å². The molecule has 3 nitrogen and oxygen atoms in total. The van der Waals surface area contributed by atoms with E-state index in [2.05, 4.69) is 43.4 Å². The quantitative estimate of drug-likeness (QED) is 0.791. The van der Waals surface area contributed by atoms with Crippen molar-refractivity contribution < 1.29 is 4.79 Å². The fourth-order valence-corrected chi connectivity index (χ4v) is 1.75. The van der Waals surface area contributed by atoms with Crippen LogP contribution in [-0.2, 0) is 11.3 Å². The van der Waals surface area contributed by atoms with E-state index in [-0.39, 0.29) is 17.9 Å². The molecule has 3 heteroatoms. The first-order valence-corrected chi connectivity index (χ1v) is 6.12. The molecule has 1 aromatic carbocycles. The van der Waals surface area contributed by atoms with Crippen LogP contribution in [0, 0.1) is 12.8 Å². The van der Waals surface area contributed by atoms with Crippen molar-refractivity contribution in [3.8, 4) is 0 Å². The number of aryl methyl sites for hydroxylation is 1. The summed E-state index contributed by atoms with van der Waals surface area (Å²) in [5.74, 6) is -0.00981. The molecule has 0 aliphatic carbocycles. The van der Waals surface area contributed by atoms with Crippen LogP contribution in [0.2, 0.25) is 0 Å². The van der Waals surface area contributed by atoms with E-state index in [1.165, 1.54) is 11.1 Å². The summed E-state index contributed by atoms with van der Waals surface area (Å²) >= 11 is 0. The summed E-state index contributed by atoms with van der Waals surface area (Å²) in [5, 5.41) is 3.23. The van der Waals surface area contributed by atoms with Crippen molar-refractivity contribution in [1.82, 2.24) is 5.32 Å². The first-order chi connectivity index (χ1) is 8.04. The second-order valence-electron chi connectivity index (χ2n) is 4.63. The normalized spacial score (nSPS) is 14.3. The summed E-state index contributed by atoms with van der Waals surface area (Å²) in [6.45, 7) is 6.84. The number of carbonyl (C=O) groups excluding carboxylic acids is 1. The third kappa shape index (κ3) is 4.19. The second kappa shape index (κ2) is 6.40. The van der Waals surface area contributed by atoms with Gasteiger partial charge >= 0.3 is 0 Å². The Hall–Kier alpha value is -1.35. The molecule has 0 saturated carbocycles. The zero-order valence-corrected chi connectivity index (χ0v) is 10.9. The molecule has 2 atom stereocenters. The van der Waals surface area contributed by atoms with Crippen molar-refractivity contribution in [1.29, 1.82) is 0 Å². The summed E-state index contributed by atoms with van der Waals surface area (Å²) in [5.41, 5.74) is 7.81. The minimum absolute atomic E-state index is 0.249. The molecule has 0 fully saturated rings. The van der Waals surface area contributed by atoms with Crippen LogP contribution in [0.3, 0.4) is 0 Å². The predicted octanol–water partition coefficient (Wildman–Crippen LogP) is 1.98. The van der Waals surface area contributed by atoms with Gasteiger partial charge in [0.1, 0.15) is 0 Å². The molecule has 94 valence electrons. The number of amides is 1. The van der Waals surface area contributed by atoms with E-state index in [1.807, 2.05) is 6.92 Å². The van der Waals surface area contributed by atoms with Gasteiger partial charge in [-0.1, -0.05) is 50.1 Å². The van der Waals surface area contributed by atoms with Crippen LogP contribution in [0.25, 0.3) is 0 Å². The molecule has 0 bridgehead atoms. The Balaban J connectivity index is 2.57. The highest BCUT2D eigenvalue weighted by molar-refractivity contribution is 5.80. The third-order valence-corrected chi connectivity index (χ3v) is 3.17. The lowest BCUT2D eigenvalue weighted by molar-refractivity contribution is -0.121. The van der Waals surface area contributed by atoms with E-state index >= 15 is 0 Å². The first-order valence-electron chi connectivity index (χ1n) is 6.12. The Morgan fingerprint density at radius 1 is 1.35 bits per heavy atom. The Morgan fingerprint density at radius 3 is 2.41 bits per heavy atom. The van der Waals surface area contributed by atoms with Crippen LogP contribution in [0.1, 0.15) is 31.4 Å². The highest BCUT2D eigenvalue weighted by Crippen LogP contribution is 2.09. The molecular formula is C14H22N2O. The van der Waals surface area contributed by atoms with Gasteiger partial charge in [-0.05, 0) is 18.4 Å². The van der Waals surface area contributed by atoms with Crippen LogP contribution in [0.15, 0.2) is 24.3 Å². The lowest BCUT2D eigenvalue weighted by Gasteiger charge is -2.21. The molecule has 1 aromatic rings. The summed E-state index contributed by atoms with van der Waals surface area (Å²) in [6, 6.07) is 8.02. The molecule has 0 unspecified atom stereocenters. The molecule has 1 rings (SSSR count). The van der Waals surface area contributed by atoms with E-state index in [0.29, 0.717) is 6.54 Å². The minimum atomic E-state index is -0.272. The second-order valence-corrected chi connectivity index (χ2v) is 4.63. The van der Waals surface area contributed by atoms with E-state index in [1.54, 1.807) is 0 Å². The molecule has 0 radical (unpaired) electrons. The Bertz CT molecular complexity index is 359. The molecule has 3 N–H and O–H groups in total. The Kier molecular flexibility index (Phi) is 5.16. The van der Waals surface area contributed by atoms with Gasteiger partial charge in [0.2, 0.25) is 5.91 Å². The van der Waals surface area contributed by atoms with Crippen LogP contribution in [-0.4, -0.2) is 11.9 Å². The fourth-order valence-electron chi connectivity index (χ4n) is 1.75. The SMILES string of the molecule is CC[C@H](C)[C@H](NCc1ccc(C)cc1)C(N)=O. The lowest BCUT2D eigenvalue weighted by atomic mass is 9.98. The monoisotopic (exact) mass is 234 g/mol. The molecule has 0 saturated heterocycles. The zero-order valence-electron chi connectivity index (χ0n) is 10.9. The number of rotatable bonds is 6. The third-order valence-electron chi connectivity index (χ3n) is 3.17. The molecule has 0 aromatic heterocycles. The van der Waals surface area contributed by atoms with Gasteiger partial charge in [0.15, 0.2) is 0 Å². The van der Waals surface area contributed by atoms with Gasteiger partial charge < -0.3 is 11.1 Å². The maximum atomic E-state index is 11.3. The number of benzene rings is 1. The fraction of sp³-hybridized carbons (Fsp3) is 0.500. The number of hydrogen-bond donors (Lipinski definition) is 2. The number of nitrogens with one attached hydrogen (secondary N) is 1. The van der Waals surface area contributed by atoms with Gasteiger partial charge in [-0.3, -0.25) is 4.79 Å². The maximum absolute atomic E-state index is 11.3. The highest BCUT2D eigenvalue weighted by Gasteiger charge is 2.20. The van der Waals surface area contributed by atoms with Gasteiger partial charge in [0.05, 0.1) is 6.04 Å². The van der Waals surface area contributed by atoms with Crippen molar-refractivity contribution in [2.75, 3.05) is 0 Å². The summed E-state index contributed by atoms with van der Waals surface area (Å²) in [7, 11) is 0. The molecule has 0 spiro atoms. The number of carbonyl (C=O) groups is 1. The lowest BCUT2D eigenvalue weighted by Crippen LogP contribution is -2.45. The zero-order chi connectivity index (χ0) is 12.8. The van der Waals surface area contributed by atoms with E-state index in [0.717, 1.165) is 6.42 Å². The maximum Gasteiger partial charge on any atom is 0.234 e. The van der Waals surface area contributed by atoms with Crippen LogP contribution in [0.5, 0.6) is 0 Å². The van der Waals surface area contributed by atoms with Crippen LogP contribution in [0.4, 0.5) is 0 Å². The van der Waals surface area contributed by atoms with Crippen molar-refractivity contribution in [3.05, 3.63) is 35.4 Å². The molecular weight excluding hydrogens is 212 g/mol. The van der Waals surface area contributed by atoms with Crippen molar-refractivity contribution in [3.63, 3.8) is 0 Å². The average Bonchev–Trinajstić information content (AvgIpc) is 2.31. The topological polar surface area (TPSA) is 55.1 Å². The predicted molar refractivity (Wildman–Crippen MR) is 70.5 cm³/mol. The summed E-state index contributed by atoms with van der Waals surface area (Å²) in [4.78, 5) is 11.3. The molecule has 0 heterocycles. The van der Waals surface area contributed by atoms with E-state index in [4.69, 9.17) is 5.73 Å². The van der Waals surface area contributed by atoms with Crippen molar-refractivity contribution in [2.45, 2.75) is 39.8 Å². The standard InChI is InChI=1S/C14H22N2O/c1-4-11(3)13(14(15)17)16-9-12-7-5-10(2)6-8-12/h5-8,11,13,16H,4,9H2,1-3H3,(H2,15,17)/t11-,13-/m0/s1. The molecule has 17 heavy (non-hydrogen) atoms. The molecule has 0 aliphatic heterocycles. The van der Waals surface area contributed by atoms with E-state index < -0.39 is 0 Å². The number of nitrogens with two attached hydrogens (primary N) is 1. The van der Waals surface area contributed by atoms with E-state index in [9.17, 15) is 4.79 Å². The average molecular weight is 234 g/mol. The largest absolute Gasteiger partial charge is 0.368 e. The van der Waals surface area contributed by atoms with Crippen LogP contribution >= 0.6 is 0 Å². The Morgan fingerprint density at radius 2 is 1.94 bits per heavy atom.